The van der Waals surface area contributed by atoms with Crippen molar-refractivity contribution in [2.24, 2.45) is 0 Å². The lowest BCUT2D eigenvalue weighted by Crippen LogP contribution is -2.63. The Hall–Kier alpha value is -2.19. The molecule has 1 aliphatic heterocycles. The first-order valence-corrected chi connectivity index (χ1v) is 7.38. The number of diazo groups is 1. The van der Waals surface area contributed by atoms with E-state index in [1.807, 2.05) is 43.3 Å². The topological polar surface area (TPSA) is 48.5 Å². The molecule has 1 atom stereocenters. The van der Waals surface area contributed by atoms with Gasteiger partial charge in [0.2, 0.25) is 11.3 Å². The molecule has 0 N–H and O–H groups in total. The maximum Gasteiger partial charge on any atom is 0.385 e. The first kappa shape index (κ1) is 13.8. The second kappa shape index (κ2) is 4.97. The van der Waals surface area contributed by atoms with Crippen LogP contribution < -0.4 is 4.90 Å². The third-order valence-corrected chi connectivity index (χ3v) is 4.63. The Morgan fingerprint density at radius 2 is 1.86 bits per heavy atom. The van der Waals surface area contributed by atoms with E-state index in [0.29, 0.717) is 12.2 Å². The highest BCUT2D eigenvalue weighted by Crippen LogP contribution is 2.41. The van der Waals surface area contributed by atoms with Gasteiger partial charge in [0, 0.05) is 23.2 Å². The second-order valence-electron chi connectivity index (χ2n) is 5.32. The zero-order valence-corrected chi connectivity index (χ0v) is 13.0. The Labute approximate surface area is 131 Å². The van der Waals surface area contributed by atoms with Crippen molar-refractivity contribution < 1.29 is 4.79 Å². The maximum atomic E-state index is 12.6. The van der Waals surface area contributed by atoms with Crippen LogP contribution in [0, 0.1) is 5.39 Å². The van der Waals surface area contributed by atoms with Gasteiger partial charge in [-0.2, -0.15) is 0 Å². The smallest absolute Gasteiger partial charge is 0.309 e. The van der Waals surface area contributed by atoms with Crippen molar-refractivity contribution >= 4 is 33.2 Å². The van der Waals surface area contributed by atoms with Crippen LogP contribution in [-0.2, 0) is 10.2 Å². The van der Waals surface area contributed by atoms with Crippen molar-refractivity contribution in [1.82, 2.24) is 0 Å². The summed E-state index contributed by atoms with van der Waals surface area (Å²) in [7, 11) is 0. The number of rotatable bonds is 2. The minimum Gasteiger partial charge on any atom is -0.309 e. The lowest BCUT2D eigenvalue weighted by atomic mass is 9.74. The molecular weight excluding hydrogens is 330 g/mol. The molecule has 5 heteroatoms. The average Bonchev–Trinajstić information content (AvgIpc) is 2.53. The normalized spacial score (nSPS) is 20.8. The molecule has 0 saturated carbocycles. The van der Waals surface area contributed by atoms with E-state index in [1.165, 1.54) is 0 Å². The zero-order chi connectivity index (χ0) is 15.0. The largest absolute Gasteiger partial charge is 0.385 e. The Morgan fingerprint density at radius 3 is 2.43 bits per heavy atom. The molecule has 2 aromatic rings. The molecule has 1 amide bonds. The molecule has 104 valence electrons. The fraction of sp³-hybridized carbons (Fsp3) is 0.188. The summed E-state index contributed by atoms with van der Waals surface area (Å²) in [6.07, 6.45) is 0. The van der Waals surface area contributed by atoms with Gasteiger partial charge in [-0.25, -0.2) is 0 Å². The summed E-state index contributed by atoms with van der Waals surface area (Å²) >= 11 is 3.48. The second-order valence-corrected chi connectivity index (χ2v) is 6.18. The number of anilines is 1. The van der Waals surface area contributed by atoms with Gasteiger partial charge < -0.3 is 4.90 Å². The van der Waals surface area contributed by atoms with E-state index in [9.17, 15) is 4.79 Å². The van der Waals surface area contributed by atoms with Crippen LogP contribution in [0.25, 0.3) is 4.98 Å². The molecule has 1 heterocycles. The van der Waals surface area contributed by atoms with Gasteiger partial charge in [-0.15, -0.1) is 0 Å². The summed E-state index contributed by atoms with van der Waals surface area (Å²) in [5.41, 5.74) is 1.78. The quantitative estimate of drug-likeness (QED) is 0.605. The van der Waals surface area contributed by atoms with E-state index < -0.39 is 5.41 Å². The van der Waals surface area contributed by atoms with Gasteiger partial charge in [-0.3, -0.25) is 4.79 Å². The number of nitrogens with zero attached hydrogens (tertiary/aromatic N) is 3. The average molecular weight is 343 g/mol. The number of carbonyl (C=O) groups is 1. The Kier molecular flexibility index (Phi) is 3.26. The van der Waals surface area contributed by atoms with Crippen LogP contribution in [-0.4, -0.2) is 12.5 Å². The molecule has 21 heavy (non-hydrogen) atoms. The van der Waals surface area contributed by atoms with Gasteiger partial charge in [-0.05, 0) is 52.7 Å². The number of amides is 1. The Bertz CT molecular complexity index is 751. The summed E-state index contributed by atoms with van der Waals surface area (Å²) in [5.74, 6) is 0.0723. The maximum absolute atomic E-state index is 12.6. The van der Waals surface area contributed by atoms with Crippen molar-refractivity contribution in [2.75, 3.05) is 11.4 Å². The van der Waals surface area contributed by atoms with Crippen LogP contribution in [0.1, 0.15) is 12.5 Å². The first-order chi connectivity index (χ1) is 10.1. The first-order valence-electron chi connectivity index (χ1n) is 6.58. The predicted molar refractivity (Wildman–Crippen MR) is 85.0 cm³/mol. The van der Waals surface area contributed by atoms with Crippen molar-refractivity contribution in [2.45, 2.75) is 12.3 Å². The van der Waals surface area contributed by atoms with Crippen molar-refractivity contribution in [1.29, 1.82) is 5.39 Å². The number of para-hydroxylation sites is 1. The Morgan fingerprint density at radius 1 is 1.19 bits per heavy atom. The molecule has 4 nitrogen and oxygen atoms in total. The van der Waals surface area contributed by atoms with E-state index in [0.717, 1.165) is 15.7 Å². The van der Waals surface area contributed by atoms with Crippen LogP contribution >= 0.6 is 15.9 Å². The molecule has 1 saturated heterocycles. The van der Waals surface area contributed by atoms with Gasteiger partial charge in [0.05, 0.1) is 11.1 Å². The number of hydrogen-bond donors (Lipinski definition) is 0. The summed E-state index contributed by atoms with van der Waals surface area (Å²) in [6, 6.07) is 14.8. The van der Waals surface area contributed by atoms with Gasteiger partial charge >= 0.3 is 5.69 Å². The van der Waals surface area contributed by atoms with E-state index in [4.69, 9.17) is 5.39 Å². The van der Waals surface area contributed by atoms with E-state index >= 15 is 0 Å². The molecule has 3 rings (SSSR count). The summed E-state index contributed by atoms with van der Waals surface area (Å²) in [4.78, 5) is 17.5. The lowest BCUT2D eigenvalue weighted by molar-refractivity contribution is -0.128. The van der Waals surface area contributed by atoms with Crippen LogP contribution in [0.3, 0.4) is 0 Å². The fourth-order valence-corrected chi connectivity index (χ4v) is 3.14. The van der Waals surface area contributed by atoms with E-state index in [1.54, 1.807) is 17.0 Å². The minimum atomic E-state index is -0.525. The third kappa shape index (κ3) is 2.12. The number of carbonyl (C=O) groups excluding carboxylic acids is 1. The Balaban J connectivity index is 1.88. The molecule has 0 aromatic heterocycles. The lowest BCUT2D eigenvalue weighted by Gasteiger charge is -2.47. The number of benzene rings is 2. The van der Waals surface area contributed by atoms with Crippen LogP contribution in [0.15, 0.2) is 53.0 Å². The zero-order valence-electron chi connectivity index (χ0n) is 11.5. The third-order valence-electron chi connectivity index (χ3n) is 3.95. The fourth-order valence-electron chi connectivity index (χ4n) is 2.64. The van der Waals surface area contributed by atoms with Crippen LogP contribution in [0.2, 0.25) is 0 Å². The molecule has 0 spiro atoms. The monoisotopic (exact) mass is 342 g/mol. The molecule has 0 aliphatic carbocycles. The molecule has 1 unspecified atom stereocenters. The van der Waals surface area contributed by atoms with Gasteiger partial charge in [-0.1, -0.05) is 12.1 Å². The van der Waals surface area contributed by atoms with Crippen molar-refractivity contribution in [3.05, 3.63) is 63.5 Å². The summed E-state index contributed by atoms with van der Waals surface area (Å²) in [5, 5.41) is 8.72. The van der Waals surface area contributed by atoms with Crippen LogP contribution in [0.5, 0.6) is 0 Å². The minimum absolute atomic E-state index is 0.0723. The van der Waals surface area contributed by atoms with E-state index in [-0.39, 0.29) is 5.91 Å². The highest BCUT2D eigenvalue weighted by Gasteiger charge is 2.50. The molecule has 1 fully saturated rings. The molecule has 1 aliphatic rings. The highest BCUT2D eigenvalue weighted by atomic mass is 79.9. The number of hydrogen-bond acceptors (Lipinski definition) is 2. The number of β-lactam (4-membered cyclic amide) rings is 1. The van der Waals surface area contributed by atoms with Gasteiger partial charge in [0.25, 0.3) is 0 Å². The predicted octanol–water partition coefficient (Wildman–Crippen LogP) is 4.24. The standard InChI is InChI=1S/C16H13BrN3O/c1-16(11-6-8-12(19-18)9-7-11)10-20(15(16)21)14-5-3-2-4-13(14)17/h2-9H,10H2,1H3/q+1. The number of halogens is 1. The van der Waals surface area contributed by atoms with E-state index in [2.05, 4.69) is 20.9 Å². The van der Waals surface area contributed by atoms with Crippen molar-refractivity contribution in [3.63, 3.8) is 0 Å². The highest BCUT2D eigenvalue weighted by molar-refractivity contribution is 9.10. The van der Waals surface area contributed by atoms with Crippen molar-refractivity contribution in [3.8, 4) is 0 Å². The molecule has 0 bridgehead atoms. The molecule has 2 aromatic carbocycles. The van der Waals surface area contributed by atoms with Gasteiger partial charge in [0.1, 0.15) is 0 Å². The summed E-state index contributed by atoms with van der Waals surface area (Å²) < 4.78 is 0.912. The SMILES string of the molecule is CC1(c2ccc([N+]#N)cc2)CN(c2ccccc2Br)C1=O. The van der Waals surface area contributed by atoms with Gasteiger partial charge in [0.15, 0.2) is 4.98 Å². The van der Waals surface area contributed by atoms with Crippen LogP contribution in [0.4, 0.5) is 11.4 Å². The molecular formula is C16H13BrN3O+. The molecule has 0 radical (unpaired) electrons. The summed E-state index contributed by atoms with van der Waals surface area (Å²) in [6.45, 7) is 2.57.